The second kappa shape index (κ2) is 9.93. The van der Waals surface area contributed by atoms with E-state index in [2.05, 4.69) is 15.3 Å². The fraction of sp³-hybridized carbons (Fsp3) is 0.333. The van der Waals surface area contributed by atoms with Crippen molar-refractivity contribution in [2.24, 2.45) is 0 Å². The van der Waals surface area contributed by atoms with E-state index in [1.54, 1.807) is 23.1 Å². The van der Waals surface area contributed by atoms with Crippen molar-refractivity contribution in [2.75, 3.05) is 13.2 Å². The van der Waals surface area contributed by atoms with Gasteiger partial charge in [0.1, 0.15) is 30.8 Å². The lowest BCUT2D eigenvalue weighted by Crippen LogP contribution is -2.44. The van der Waals surface area contributed by atoms with Gasteiger partial charge in [-0.2, -0.15) is 0 Å². The van der Waals surface area contributed by atoms with Crippen LogP contribution in [0.25, 0.3) is 11.3 Å². The third-order valence-corrected chi connectivity index (χ3v) is 6.27. The summed E-state index contributed by atoms with van der Waals surface area (Å²) in [5, 5.41) is 12.8. The van der Waals surface area contributed by atoms with Gasteiger partial charge in [-0.3, -0.25) is 9.78 Å². The molecule has 0 bridgehead atoms. The van der Waals surface area contributed by atoms with Crippen molar-refractivity contribution in [1.29, 1.82) is 0 Å². The van der Waals surface area contributed by atoms with Gasteiger partial charge < -0.3 is 29.2 Å². The molecule has 10 nitrogen and oxygen atoms in total. The number of aromatic nitrogens is 2. The number of fused-ring (bicyclic) bond motifs is 1. The molecule has 2 aliphatic rings. The van der Waals surface area contributed by atoms with Crippen LogP contribution in [0, 0.1) is 0 Å². The SMILES string of the molecule is O=C(NCc1ccc(Cl)cc1)c1cc(O[C@H]2CCN3C(=O)OC[C@@H]3C2)c(-c2cnc(CO)o2)cn1. The van der Waals surface area contributed by atoms with E-state index in [4.69, 9.17) is 25.5 Å². The number of aliphatic hydroxyl groups is 1. The van der Waals surface area contributed by atoms with Crippen LogP contribution in [0.4, 0.5) is 4.79 Å². The Balaban J connectivity index is 1.36. The Morgan fingerprint density at radius 2 is 2.09 bits per heavy atom. The summed E-state index contributed by atoms with van der Waals surface area (Å²) < 4.78 is 17.0. The molecule has 2 aliphatic heterocycles. The maximum atomic E-state index is 12.8. The minimum Gasteiger partial charge on any atom is -0.489 e. The third-order valence-electron chi connectivity index (χ3n) is 6.01. The van der Waals surface area contributed by atoms with Gasteiger partial charge in [0.25, 0.3) is 5.91 Å². The topological polar surface area (TPSA) is 127 Å². The first kappa shape index (κ1) is 23.1. The van der Waals surface area contributed by atoms with Crippen molar-refractivity contribution < 1.29 is 28.6 Å². The van der Waals surface area contributed by atoms with Crippen LogP contribution >= 0.6 is 11.6 Å². The molecular weight excluding hydrogens is 476 g/mol. The number of aliphatic hydroxyl groups excluding tert-OH is 1. The van der Waals surface area contributed by atoms with Crippen LogP contribution in [0.5, 0.6) is 5.75 Å². The van der Waals surface area contributed by atoms with Crippen molar-refractivity contribution in [3.63, 3.8) is 0 Å². The molecule has 0 aliphatic carbocycles. The van der Waals surface area contributed by atoms with Crippen LogP contribution in [0.3, 0.4) is 0 Å². The standard InChI is InChI=1S/C24H23ClN4O6/c25-15-3-1-14(2-4-15)9-28-23(31)19-8-20(18(10-26-19)21-11-27-22(12-30)35-21)34-17-5-6-29-16(7-17)13-33-24(29)32/h1-4,8,10-11,16-17,30H,5-7,9,12-13H2,(H,28,31)/t16-,17-/m0/s1. The normalized spacial score (nSPS) is 19.3. The zero-order valence-corrected chi connectivity index (χ0v) is 19.4. The highest BCUT2D eigenvalue weighted by Crippen LogP contribution is 2.34. The molecule has 35 heavy (non-hydrogen) atoms. The molecule has 2 N–H and O–H groups in total. The number of nitrogens with one attached hydrogen (secondary N) is 1. The van der Waals surface area contributed by atoms with Crippen molar-refractivity contribution in [2.45, 2.75) is 38.1 Å². The number of pyridine rings is 1. The number of rotatable bonds is 7. The number of piperidine rings is 1. The lowest BCUT2D eigenvalue weighted by molar-refractivity contribution is 0.0914. The van der Waals surface area contributed by atoms with Crippen LogP contribution in [-0.2, 0) is 17.9 Å². The number of ether oxygens (including phenoxy) is 2. The molecule has 5 rings (SSSR count). The summed E-state index contributed by atoms with van der Waals surface area (Å²) in [4.78, 5) is 34.7. The maximum Gasteiger partial charge on any atom is 0.410 e. The van der Waals surface area contributed by atoms with Gasteiger partial charge in [-0.05, 0) is 17.7 Å². The van der Waals surface area contributed by atoms with Gasteiger partial charge in [-0.25, -0.2) is 9.78 Å². The van der Waals surface area contributed by atoms with Gasteiger partial charge in [-0.1, -0.05) is 23.7 Å². The first-order valence-electron chi connectivity index (χ1n) is 11.2. The fourth-order valence-corrected chi connectivity index (χ4v) is 4.30. The number of amides is 2. The largest absolute Gasteiger partial charge is 0.489 e. The minimum atomic E-state index is -0.366. The Morgan fingerprint density at radius 3 is 2.86 bits per heavy atom. The van der Waals surface area contributed by atoms with Crippen LogP contribution in [0.2, 0.25) is 5.02 Å². The molecule has 2 amide bonds. The molecule has 0 spiro atoms. The van der Waals surface area contributed by atoms with E-state index in [9.17, 15) is 14.7 Å². The maximum absolute atomic E-state index is 12.8. The number of hydrogen-bond donors (Lipinski definition) is 2. The van der Waals surface area contributed by atoms with Crippen molar-refractivity contribution in [1.82, 2.24) is 20.2 Å². The number of carbonyl (C=O) groups is 2. The Bertz CT molecular complexity index is 1230. The molecule has 11 heteroatoms. The summed E-state index contributed by atoms with van der Waals surface area (Å²) in [6.07, 6.45) is 3.69. The average molecular weight is 499 g/mol. The van der Waals surface area contributed by atoms with Crippen molar-refractivity contribution in [3.8, 4) is 17.1 Å². The van der Waals surface area contributed by atoms with Crippen LogP contribution < -0.4 is 10.1 Å². The van der Waals surface area contributed by atoms with E-state index < -0.39 is 0 Å². The summed E-state index contributed by atoms with van der Waals surface area (Å²) in [6.45, 7) is 0.830. The number of oxazole rings is 1. The molecule has 182 valence electrons. The van der Waals surface area contributed by atoms with E-state index in [0.29, 0.717) is 54.6 Å². The number of nitrogens with zero attached hydrogens (tertiary/aromatic N) is 3. The van der Waals surface area contributed by atoms with Gasteiger partial charge >= 0.3 is 6.09 Å². The number of benzene rings is 1. The third kappa shape index (κ3) is 5.08. The summed E-state index contributed by atoms with van der Waals surface area (Å²) in [7, 11) is 0. The number of hydrogen-bond acceptors (Lipinski definition) is 8. The quantitative estimate of drug-likeness (QED) is 0.508. The van der Waals surface area contributed by atoms with Crippen LogP contribution in [-0.4, -0.2) is 57.3 Å². The zero-order chi connectivity index (χ0) is 24.4. The van der Waals surface area contributed by atoms with Gasteiger partial charge in [0.15, 0.2) is 5.76 Å². The van der Waals surface area contributed by atoms with Crippen LogP contribution in [0.1, 0.15) is 34.8 Å². The molecule has 2 aromatic heterocycles. The van der Waals surface area contributed by atoms with Gasteiger partial charge in [0.05, 0.1) is 17.8 Å². The van der Waals surface area contributed by atoms with Crippen molar-refractivity contribution in [3.05, 3.63) is 64.9 Å². The Hall–Kier alpha value is -3.63. The van der Waals surface area contributed by atoms with E-state index >= 15 is 0 Å². The van der Waals surface area contributed by atoms with Crippen LogP contribution in [0.15, 0.2) is 47.1 Å². The monoisotopic (exact) mass is 498 g/mol. The number of halogens is 1. The van der Waals surface area contributed by atoms with E-state index in [1.807, 2.05) is 12.1 Å². The first-order chi connectivity index (χ1) is 17.0. The lowest BCUT2D eigenvalue weighted by atomic mass is 10.0. The first-order valence-corrected chi connectivity index (χ1v) is 11.6. The van der Waals surface area contributed by atoms with E-state index in [-0.39, 0.29) is 42.3 Å². The molecule has 0 radical (unpaired) electrons. The molecule has 2 saturated heterocycles. The lowest BCUT2D eigenvalue weighted by Gasteiger charge is -2.32. The minimum absolute atomic E-state index is 0.0417. The highest BCUT2D eigenvalue weighted by Gasteiger charge is 2.39. The average Bonchev–Trinajstić information content (AvgIpc) is 3.50. The predicted octanol–water partition coefficient (Wildman–Crippen LogP) is 3.17. The number of cyclic esters (lactones) is 1. The molecular formula is C24H23ClN4O6. The van der Waals surface area contributed by atoms with Gasteiger partial charge in [0, 0.05) is 43.2 Å². The summed E-state index contributed by atoms with van der Waals surface area (Å²) >= 11 is 5.92. The highest BCUT2D eigenvalue weighted by atomic mass is 35.5. The predicted molar refractivity (Wildman–Crippen MR) is 124 cm³/mol. The van der Waals surface area contributed by atoms with Gasteiger partial charge in [0.2, 0.25) is 5.89 Å². The molecule has 2 atom stereocenters. The fourth-order valence-electron chi connectivity index (χ4n) is 4.18. The Labute approximate surface area is 205 Å². The molecule has 0 saturated carbocycles. The Morgan fingerprint density at radius 1 is 1.26 bits per heavy atom. The van der Waals surface area contributed by atoms with E-state index in [0.717, 1.165) is 5.56 Å². The second-order valence-electron chi connectivity index (χ2n) is 8.34. The molecule has 0 unspecified atom stereocenters. The molecule has 1 aromatic carbocycles. The smallest absolute Gasteiger partial charge is 0.410 e. The Kier molecular flexibility index (Phi) is 6.56. The molecule has 3 aromatic rings. The molecule has 4 heterocycles. The van der Waals surface area contributed by atoms with Gasteiger partial charge in [-0.15, -0.1) is 0 Å². The zero-order valence-electron chi connectivity index (χ0n) is 18.6. The second-order valence-corrected chi connectivity index (χ2v) is 8.78. The summed E-state index contributed by atoms with van der Waals surface area (Å²) in [5.41, 5.74) is 1.58. The number of carbonyl (C=O) groups excluding carboxylic acids is 2. The molecule has 2 fully saturated rings. The summed E-state index contributed by atoms with van der Waals surface area (Å²) in [5.74, 6) is 0.558. The van der Waals surface area contributed by atoms with E-state index in [1.165, 1.54) is 12.4 Å². The highest BCUT2D eigenvalue weighted by molar-refractivity contribution is 6.30. The summed E-state index contributed by atoms with van der Waals surface area (Å²) in [6, 6.07) is 8.71. The van der Waals surface area contributed by atoms with Crippen molar-refractivity contribution >= 4 is 23.6 Å².